The molecule has 0 bridgehead atoms. The Morgan fingerprint density at radius 3 is 2.62 bits per heavy atom. The van der Waals surface area contributed by atoms with E-state index in [9.17, 15) is 14.4 Å². The third-order valence-corrected chi connectivity index (χ3v) is 4.87. The minimum atomic E-state index is -0.300. The van der Waals surface area contributed by atoms with Gasteiger partial charge in [-0.05, 0) is 25.7 Å². The fourth-order valence-corrected chi connectivity index (χ4v) is 3.17. The third kappa shape index (κ3) is 5.00. The third-order valence-electron chi connectivity index (χ3n) is 4.87. The molecule has 1 aromatic heterocycles. The molecule has 8 nitrogen and oxygen atoms in total. The number of rotatable bonds is 4. The lowest BCUT2D eigenvalue weighted by Gasteiger charge is -2.24. The molecule has 2 fully saturated rings. The maximum atomic E-state index is 12.4. The molecule has 2 N–H and O–H groups in total. The molecule has 2 atom stereocenters. The minimum Gasteiger partial charge on any atom is -0.353 e. The van der Waals surface area contributed by atoms with Gasteiger partial charge in [0.1, 0.15) is 5.69 Å². The van der Waals surface area contributed by atoms with Crippen LogP contribution in [0.3, 0.4) is 0 Å². The van der Waals surface area contributed by atoms with Gasteiger partial charge in [-0.15, -0.1) is 0 Å². The van der Waals surface area contributed by atoms with Crippen molar-refractivity contribution < 1.29 is 14.4 Å². The van der Waals surface area contributed by atoms with Crippen LogP contribution in [0.15, 0.2) is 18.6 Å². The second kappa shape index (κ2) is 8.25. The van der Waals surface area contributed by atoms with Gasteiger partial charge in [-0.1, -0.05) is 6.42 Å². The summed E-state index contributed by atoms with van der Waals surface area (Å²) < 4.78 is 0. The van der Waals surface area contributed by atoms with Crippen molar-refractivity contribution in [2.24, 2.45) is 5.92 Å². The van der Waals surface area contributed by atoms with E-state index in [4.69, 9.17) is 0 Å². The van der Waals surface area contributed by atoms with Crippen LogP contribution in [0.25, 0.3) is 0 Å². The maximum absolute atomic E-state index is 12.4. The van der Waals surface area contributed by atoms with Gasteiger partial charge in [0.25, 0.3) is 5.91 Å². The molecule has 0 radical (unpaired) electrons. The first-order valence-corrected chi connectivity index (χ1v) is 9.14. The van der Waals surface area contributed by atoms with Crippen LogP contribution in [0.1, 0.15) is 49.0 Å². The number of likely N-dealkylation sites (N-methyl/N-ethyl adjacent to an activating group) is 1. The quantitative estimate of drug-likeness (QED) is 0.815. The van der Waals surface area contributed by atoms with Crippen molar-refractivity contribution in [1.82, 2.24) is 25.5 Å². The lowest BCUT2D eigenvalue weighted by molar-refractivity contribution is -0.135. The van der Waals surface area contributed by atoms with Crippen molar-refractivity contribution in [2.75, 3.05) is 13.6 Å². The molecule has 26 heavy (non-hydrogen) atoms. The summed E-state index contributed by atoms with van der Waals surface area (Å²) in [6, 6.07) is 0.116. The average Bonchev–Trinajstić information content (AvgIpc) is 3.43. The van der Waals surface area contributed by atoms with Crippen LogP contribution in [-0.4, -0.2) is 58.3 Å². The molecule has 2 aliphatic rings. The first kappa shape index (κ1) is 18.3. The number of carbonyl (C=O) groups excluding carboxylic acids is 3. The summed E-state index contributed by atoms with van der Waals surface area (Å²) in [5.41, 5.74) is 0.253. The molecule has 1 aromatic rings. The zero-order valence-corrected chi connectivity index (χ0v) is 15.0. The summed E-state index contributed by atoms with van der Waals surface area (Å²) in [5.74, 6) is -0.677. The first-order chi connectivity index (χ1) is 12.5. The Kier molecular flexibility index (Phi) is 5.80. The fraction of sp³-hybridized carbons (Fsp3) is 0.611. The molecule has 0 spiro atoms. The van der Waals surface area contributed by atoms with Crippen LogP contribution >= 0.6 is 0 Å². The molecular weight excluding hydrogens is 334 g/mol. The van der Waals surface area contributed by atoms with E-state index in [1.165, 1.54) is 18.6 Å². The van der Waals surface area contributed by atoms with Crippen LogP contribution in [0, 0.1) is 5.92 Å². The number of hydrogen-bond acceptors (Lipinski definition) is 5. The molecule has 1 aliphatic heterocycles. The van der Waals surface area contributed by atoms with Gasteiger partial charge in [-0.25, -0.2) is 4.98 Å². The Bertz CT molecular complexity index is 662. The highest BCUT2D eigenvalue weighted by Crippen LogP contribution is 2.23. The molecule has 1 saturated heterocycles. The van der Waals surface area contributed by atoms with Crippen LogP contribution in [0.5, 0.6) is 0 Å². The molecular formula is C18H25N5O3. The van der Waals surface area contributed by atoms with Gasteiger partial charge in [0, 0.05) is 50.4 Å². The summed E-state index contributed by atoms with van der Waals surface area (Å²) in [4.78, 5) is 46.6. The summed E-state index contributed by atoms with van der Waals surface area (Å²) >= 11 is 0. The van der Waals surface area contributed by atoms with Gasteiger partial charge in [0.15, 0.2) is 0 Å². The van der Waals surface area contributed by atoms with E-state index in [0.29, 0.717) is 25.4 Å². The summed E-state index contributed by atoms with van der Waals surface area (Å²) in [6.45, 7) is 0.418. The van der Waals surface area contributed by atoms with Crippen molar-refractivity contribution >= 4 is 17.7 Å². The zero-order chi connectivity index (χ0) is 18.5. The fourth-order valence-electron chi connectivity index (χ4n) is 3.17. The van der Waals surface area contributed by atoms with Crippen LogP contribution in [0.4, 0.5) is 0 Å². The van der Waals surface area contributed by atoms with Crippen molar-refractivity contribution in [3.8, 4) is 0 Å². The topological polar surface area (TPSA) is 104 Å². The van der Waals surface area contributed by atoms with E-state index in [1.54, 1.807) is 11.9 Å². The Hall–Kier alpha value is -2.51. The highest BCUT2D eigenvalue weighted by Gasteiger charge is 2.31. The molecule has 0 aromatic carbocycles. The number of nitrogens with one attached hydrogen (secondary N) is 2. The van der Waals surface area contributed by atoms with Crippen LogP contribution < -0.4 is 10.6 Å². The SMILES string of the molecule is CN1CC(NC(=O)c2cnccn2)CCCC(C(=O)NC2CC2)CC1=O. The lowest BCUT2D eigenvalue weighted by Crippen LogP contribution is -2.44. The van der Waals surface area contributed by atoms with Gasteiger partial charge in [-0.2, -0.15) is 0 Å². The molecule has 3 rings (SSSR count). The zero-order valence-electron chi connectivity index (χ0n) is 15.0. The monoisotopic (exact) mass is 359 g/mol. The van der Waals surface area contributed by atoms with E-state index >= 15 is 0 Å². The van der Waals surface area contributed by atoms with Crippen molar-refractivity contribution in [2.45, 2.75) is 50.6 Å². The Balaban J connectivity index is 1.60. The van der Waals surface area contributed by atoms with Gasteiger partial charge in [0.05, 0.1) is 6.20 Å². The van der Waals surface area contributed by atoms with Crippen molar-refractivity contribution in [1.29, 1.82) is 0 Å². The summed E-state index contributed by atoms with van der Waals surface area (Å²) in [5, 5.41) is 5.93. The maximum Gasteiger partial charge on any atom is 0.271 e. The molecule has 3 amide bonds. The predicted molar refractivity (Wildman–Crippen MR) is 94.0 cm³/mol. The van der Waals surface area contributed by atoms with E-state index in [-0.39, 0.29) is 41.8 Å². The van der Waals surface area contributed by atoms with Crippen LogP contribution in [-0.2, 0) is 9.59 Å². The van der Waals surface area contributed by atoms with E-state index in [0.717, 1.165) is 19.3 Å². The second-order valence-electron chi connectivity index (χ2n) is 7.15. The predicted octanol–water partition coefficient (Wildman–Crippen LogP) is 0.502. The standard InChI is InChI=1S/C18H25N5O3/c1-23-11-14(22-18(26)15-10-19-7-8-20-15)4-2-3-12(9-16(23)24)17(25)21-13-5-6-13/h7-8,10,12-14H,2-6,9,11H2,1H3,(H,21,25)(H,22,26). The van der Waals surface area contributed by atoms with Gasteiger partial charge >= 0.3 is 0 Å². The average molecular weight is 359 g/mol. The lowest BCUT2D eigenvalue weighted by atomic mass is 9.96. The number of hydrogen-bond donors (Lipinski definition) is 2. The highest BCUT2D eigenvalue weighted by molar-refractivity contribution is 5.92. The Labute approximate surface area is 152 Å². The number of aromatic nitrogens is 2. The molecule has 2 heterocycles. The number of amides is 3. The molecule has 140 valence electrons. The van der Waals surface area contributed by atoms with E-state index in [1.807, 2.05) is 0 Å². The molecule has 1 aliphatic carbocycles. The summed E-state index contributed by atoms with van der Waals surface area (Å²) in [6.07, 6.45) is 8.80. The van der Waals surface area contributed by atoms with Crippen molar-refractivity contribution in [3.63, 3.8) is 0 Å². The van der Waals surface area contributed by atoms with E-state index in [2.05, 4.69) is 20.6 Å². The smallest absolute Gasteiger partial charge is 0.271 e. The highest BCUT2D eigenvalue weighted by atomic mass is 16.2. The van der Waals surface area contributed by atoms with Gasteiger partial charge in [-0.3, -0.25) is 19.4 Å². The van der Waals surface area contributed by atoms with Gasteiger partial charge in [0.2, 0.25) is 11.8 Å². The second-order valence-corrected chi connectivity index (χ2v) is 7.15. The van der Waals surface area contributed by atoms with E-state index < -0.39 is 0 Å². The van der Waals surface area contributed by atoms with Crippen molar-refractivity contribution in [3.05, 3.63) is 24.3 Å². The Morgan fingerprint density at radius 1 is 1.12 bits per heavy atom. The largest absolute Gasteiger partial charge is 0.353 e. The first-order valence-electron chi connectivity index (χ1n) is 9.14. The molecule has 2 unspecified atom stereocenters. The van der Waals surface area contributed by atoms with Crippen LogP contribution in [0.2, 0.25) is 0 Å². The molecule has 8 heteroatoms. The summed E-state index contributed by atoms with van der Waals surface area (Å²) in [7, 11) is 1.71. The molecule has 1 saturated carbocycles. The van der Waals surface area contributed by atoms with Gasteiger partial charge < -0.3 is 15.5 Å². The number of carbonyl (C=O) groups is 3. The minimum absolute atomic E-state index is 0.0173. The normalized spacial score (nSPS) is 24.2. The Morgan fingerprint density at radius 2 is 1.92 bits per heavy atom. The number of nitrogens with zero attached hydrogens (tertiary/aromatic N) is 3.